The Balaban J connectivity index is 2.10. The van der Waals surface area contributed by atoms with Crippen molar-refractivity contribution in [2.24, 2.45) is 11.8 Å². The van der Waals surface area contributed by atoms with Gasteiger partial charge in [0.05, 0.1) is 17.3 Å². The number of methoxy groups -OCH3 is 1. The minimum Gasteiger partial charge on any atom is -0.377 e. The number of rotatable bonds is 6. The summed E-state index contributed by atoms with van der Waals surface area (Å²) in [6.45, 7) is 6.58. The Morgan fingerprint density at radius 1 is 1.48 bits per heavy atom. The van der Waals surface area contributed by atoms with Gasteiger partial charge in [0.1, 0.15) is 0 Å². The van der Waals surface area contributed by atoms with Crippen LogP contribution in [-0.4, -0.2) is 28.5 Å². The maximum absolute atomic E-state index is 5.93. The smallest absolute Gasteiger partial charge is 0.0848 e. The van der Waals surface area contributed by atoms with Crippen LogP contribution in [0.3, 0.4) is 0 Å². The van der Waals surface area contributed by atoms with Crippen LogP contribution in [0.25, 0.3) is 0 Å². The summed E-state index contributed by atoms with van der Waals surface area (Å²) in [4.78, 5) is 0. The van der Waals surface area contributed by atoms with Gasteiger partial charge in [-0.25, -0.2) is 0 Å². The lowest BCUT2D eigenvalue weighted by Crippen LogP contribution is -2.57. The van der Waals surface area contributed by atoms with Crippen molar-refractivity contribution in [3.05, 3.63) is 18.0 Å². The molecule has 1 aromatic heterocycles. The highest BCUT2D eigenvalue weighted by Gasteiger charge is 2.41. The molecule has 1 aliphatic carbocycles. The van der Waals surface area contributed by atoms with Crippen LogP contribution in [0.1, 0.15) is 58.2 Å². The number of aromatic nitrogens is 2. The fourth-order valence-corrected chi connectivity index (χ4v) is 3.33. The van der Waals surface area contributed by atoms with Gasteiger partial charge in [-0.3, -0.25) is 16.0 Å². The molecule has 1 heterocycles. The third-order valence-corrected chi connectivity index (χ3v) is 4.97. The SMILES string of the molecule is COC1(C(Cc2ccn(C(C)C)n2)NN)CCC(C)CC1. The molecular formula is C16H30N4O. The Kier molecular flexibility index (Phi) is 5.41. The fraction of sp³-hybridized carbons (Fsp3) is 0.812. The molecule has 0 aliphatic heterocycles. The van der Waals surface area contributed by atoms with Crippen LogP contribution in [0, 0.1) is 5.92 Å². The van der Waals surface area contributed by atoms with Crippen LogP contribution in [-0.2, 0) is 11.2 Å². The quantitative estimate of drug-likeness (QED) is 0.625. The largest absolute Gasteiger partial charge is 0.377 e. The summed E-state index contributed by atoms with van der Waals surface area (Å²) >= 11 is 0. The Morgan fingerprint density at radius 2 is 2.14 bits per heavy atom. The van der Waals surface area contributed by atoms with E-state index in [9.17, 15) is 0 Å². The van der Waals surface area contributed by atoms with E-state index in [1.807, 2.05) is 18.0 Å². The highest BCUT2D eigenvalue weighted by Crippen LogP contribution is 2.37. The van der Waals surface area contributed by atoms with Crippen LogP contribution in [0.15, 0.2) is 12.3 Å². The predicted molar refractivity (Wildman–Crippen MR) is 84.8 cm³/mol. The second-order valence-corrected chi connectivity index (χ2v) is 6.76. The van der Waals surface area contributed by atoms with Gasteiger partial charge in [-0.05, 0) is 51.5 Å². The monoisotopic (exact) mass is 294 g/mol. The van der Waals surface area contributed by atoms with E-state index >= 15 is 0 Å². The fourth-order valence-electron chi connectivity index (χ4n) is 3.33. The number of nitrogens with two attached hydrogens (primary N) is 1. The van der Waals surface area contributed by atoms with Crippen molar-refractivity contribution in [3.63, 3.8) is 0 Å². The molecule has 1 unspecified atom stereocenters. The Hall–Kier alpha value is -0.910. The second kappa shape index (κ2) is 6.90. The minimum absolute atomic E-state index is 0.102. The number of nitrogens with zero attached hydrogens (tertiary/aromatic N) is 2. The van der Waals surface area contributed by atoms with Gasteiger partial charge in [0.15, 0.2) is 0 Å². The Morgan fingerprint density at radius 3 is 2.62 bits per heavy atom. The first-order valence-electron chi connectivity index (χ1n) is 8.06. The summed E-state index contributed by atoms with van der Waals surface area (Å²) in [6.07, 6.45) is 7.36. The minimum atomic E-state index is -0.164. The van der Waals surface area contributed by atoms with E-state index in [0.29, 0.717) is 6.04 Å². The molecule has 5 heteroatoms. The summed E-state index contributed by atoms with van der Waals surface area (Å²) in [5.74, 6) is 6.63. The van der Waals surface area contributed by atoms with E-state index in [1.54, 1.807) is 0 Å². The number of hydrazine groups is 1. The lowest BCUT2D eigenvalue weighted by Gasteiger charge is -2.43. The summed E-state index contributed by atoms with van der Waals surface area (Å²) < 4.78 is 7.92. The van der Waals surface area contributed by atoms with Crippen molar-refractivity contribution in [3.8, 4) is 0 Å². The first kappa shape index (κ1) is 16.5. The van der Waals surface area contributed by atoms with Gasteiger partial charge in [-0.15, -0.1) is 0 Å². The van der Waals surface area contributed by atoms with E-state index in [1.165, 1.54) is 12.8 Å². The van der Waals surface area contributed by atoms with Gasteiger partial charge in [-0.1, -0.05) is 6.92 Å². The summed E-state index contributed by atoms with van der Waals surface area (Å²) in [5.41, 5.74) is 3.90. The van der Waals surface area contributed by atoms with Crippen LogP contribution in [0.4, 0.5) is 0 Å². The Labute approximate surface area is 128 Å². The average Bonchev–Trinajstić information content (AvgIpc) is 2.95. The van der Waals surface area contributed by atoms with E-state index in [2.05, 4.69) is 37.4 Å². The highest BCUT2D eigenvalue weighted by molar-refractivity contribution is 5.07. The zero-order valence-electron chi connectivity index (χ0n) is 13.8. The molecule has 0 saturated heterocycles. The van der Waals surface area contributed by atoms with Gasteiger partial charge in [0.2, 0.25) is 0 Å². The first-order valence-corrected chi connectivity index (χ1v) is 8.06. The molecule has 1 atom stereocenters. The zero-order valence-corrected chi connectivity index (χ0v) is 13.8. The third-order valence-electron chi connectivity index (χ3n) is 4.97. The normalized spacial score (nSPS) is 28.0. The van der Waals surface area contributed by atoms with Crippen molar-refractivity contribution in [2.45, 2.75) is 70.6 Å². The number of hydrogen-bond acceptors (Lipinski definition) is 4. The molecule has 1 aliphatic rings. The van der Waals surface area contributed by atoms with Crippen molar-refractivity contribution < 1.29 is 4.74 Å². The molecule has 5 nitrogen and oxygen atoms in total. The van der Waals surface area contributed by atoms with Gasteiger partial charge >= 0.3 is 0 Å². The van der Waals surface area contributed by atoms with E-state index in [-0.39, 0.29) is 11.6 Å². The second-order valence-electron chi connectivity index (χ2n) is 6.76. The molecule has 3 N–H and O–H groups in total. The van der Waals surface area contributed by atoms with Crippen molar-refractivity contribution in [1.29, 1.82) is 0 Å². The molecule has 1 fully saturated rings. The first-order chi connectivity index (χ1) is 10.0. The van der Waals surface area contributed by atoms with E-state index < -0.39 is 0 Å². The van der Waals surface area contributed by atoms with Crippen molar-refractivity contribution >= 4 is 0 Å². The molecule has 1 saturated carbocycles. The lowest BCUT2D eigenvalue weighted by atomic mass is 9.74. The van der Waals surface area contributed by atoms with Crippen LogP contribution < -0.4 is 11.3 Å². The zero-order chi connectivity index (χ0) is 15.5. The van der Waals surface area contributed by atoms with Crippen LogP contribution in [0.5, 0.6) is 0 Å². The standard InChI is InChI=1S/C16H30N4O/c1-12(2)20-10-7-14(19-20)11-15(18-17)16(21-4)8-5-13(3)6-9-16/h7,10,12-13,15,18H,5-6,8-9,11,17H2,1-4H3. The van der Waals surface area contributed by atoms with Crippen molar-refractivity contribution in [2.75, 3.05) is 7.11 Å². The van der Waals surface area contributed by atoms with E-state index in [4.69, 9.17) is 10.6 Å². The van der Waals surface area contributed by atoms with Gasteiger partial charge in [0, 0.05) is 25.8 Å². The lowest BCUT2D eigenvalue weighted by molar-refractivity contribution is -0.0748. The molecule has 0 radical (unpaired) electrons. The third kappa shape index (κ3) is 3.65. The average molecular weight is 294 g/mol. The Bertz CT molecular complexity index is 435. The topological polar surface area (TPSA) is 65.1 Å². The summed E-state index contributed by atoms with van der Waals surface area (Å²) in [6, 6.07) is 2.57. The van der Waals surface area contributed by atoms with Gasteiger partial charge in [0.25, 0.3) is 0 Å². The van der Waals surface area contributed by atoms with Gasteiger partial charge in [-0.2, -0.15) is 5.10 Å². The number of ether oxygens (including phenoxy) is 1. The molecular weight excluding hydrogens is 264 g/mol. The maximum atomic E-state index is 5.93. The molecule has 0 amide bonds. The van der Waals surface area contributed by atoms with E-state index in [0.717, 1.165) is 30.9 Å². The molecule has 0 aromatic carbocycles. The summed E-state index contributed by atoms with van der Waals surface area (Å²) in [7, 11) is 1.81. The molecule has 21 heavy (non-hydrogen) atoms. The van der Waals surface area contributed by atoms with Crippen LogP contribution in [0.2, 0.25) is 0 Å². The number of nitrogens with one attached hydrogen (secondary N) is 1. The predicted octanol–water partition coefficient (Wildman–Crippen LogP) is 2.43. The van der Waals surface area contributed by atoms with Crippen LogP contribution >= 0.6 is 0 Å². The molecule has 2 rings (SSSR count). The highest BCUT2D eigenvalue weighted by atomic mass is 16.5. The molecule has 1 aromatic rings. The summed E-state index contributed by atoms with van der Waals surface area (Å²) in [5, 5.41) is 4.64. The van der Waals surface area contributed by atoms with Crippen molar-refractivity contribution in [1.82, 2.24) is 15.2 Å². The van der Waals surface area contributed by atoms with Gasteiger partial charge < -0.3 is 4.74 Å². The molecule has 0 bridgehead atoms. The molecule has 120 valence electrons. The number of hydrogen-bond donors (Lipinski definition) is 2. The molecule has 0 spiro atoms. The maximum Gasteiger partial charge on any atom is 0.0848 e.